The second-order valence-corrected chi connectivity index (χ2v) is 5.47. The number of amides is 1. The maximum absolute atomic E-state index is 11.9. The molecule has 5 nitrogen and oxygen atoms in total. The summed E-state index contributed by atoms with van der Waals surface area (Å²) in [6.07, 6.45) is 2.08. The first kappa shape index (κ1) is 14.0. The fourth-order valence-electron chi connectivity index (χ4n) is 1.53. The SMILES string of the molecule is Cc1[nH]cc(C(=O)NCCc2cscn2)c(=O)c1Br. The van der Waals surface area contributed by atoms with Crippen LogP contribution in [-0.4, -0.2) is 22.4 Å². The molecule has 2 aromatic heterocycles. The Balaban J connectivity index is 2.00. The van der Waals surface area contributed by atoms with Gasteiger partial charge in [0.15, 0.2) is 0 Å². The van der Waals surface area contributed by atoms with Crippen LogP contribution in [0.1, 0.15) is 21.7 Å². The summed E-state index contributed by atoms with van der Waals surface area (Å²) < 4.78 is 0.389. The van der Waals surface area contributed by atoms with E-state index in [2.05, 4.69) is 31.2 Å². The molecular weight excluding hydrogens is 330 g/mol. The number of pyridine rings is 1. The lowest BCUT2D eigenvalue weighted by atomic mass is 10.2. The highest BCUT2D eigenvalue weighted by Gasteiger charge is 2.13. The molecule has 0 aromatic carbocycles. The molecule has 1 amide bonds. The van der Waals surface area contributed by atoms with Crippen LogP contribution < -0.4 is 10.7 Å². The Labute approximate surface area is 122 Å². The molecule has 0 aliphatic heterocycles. The average molecular weight is 342 g/mol. The average Bonchev–Trinajstić information content (AvgIpc) is 2.89. The van der Waals surface area contributed by atoms with Crippen molar-refractivity contribution in [1.82, 2.24) is 15.3 Å². The second-order valence-electron chi connectivity index (χ2n) is 3.96. The van der Waals surface area contributed by atoms with Crippen LogP contribution in [0.15, 0.2) is 26.4 Å². The van der Waals surface area contributed by atoms with Gasteiger partial charge in [-0.15, -0.1) is 11.3 Å². The topological polar surface area (TPSA) is 74.8 Å². The number of aromatic amines is 1. The van der Waals surface area contributed by atoms with Gasteiger partial charge in [0.1, 0.15) is 5.56 Å². The van der Waals surface area contributed by atoms with E-state index < -0.39 is 0 Å². The van der Waals surface area contributed by atoms with Crippen molar-refractivity contribution in [2.24, 2.45) is 0 Å². The zero-order valence-corrected chi connectivity index (χ0v) is 12.6. The number of H-pyrrole nitrogens is 1. The monoisotopic (exact) mass is 341 g/mol. The summed E-state index contributed by atoms with van der Waals surface area (Å²) in [5, 5.41) is 4.64. The summed E-state index contributed by atoms with van der Waals surface area (Å²) >= 11 is 4.68. The zero-order valence-electron chi connectivity index (χ0n) is 10.2. The van der Waals surface area contributed by atoms with Crippen molar-refractivity contribution in [3.63, 3.8) is 0 Å². The van der Waals surface area contributed by atoms with E-state index in [1.54, 1.807) is 12.4 Å². The standard InChI is InChI=1S/C12H12BrN3O2S/c1-7-10(13)11(17)9(4-15-7)12(18)14-3-2-8-5-19-6-16-8/h4-6H,2-3H2,1H3,(H,14,18)(H,15,17). The van der Waals surface area contributed by atoms with Crippen LogP contribution in [0, 0.1) is 6.92 Å². The molecule has 2 heterocycles. The molecule has 2 aromatic rings. The first-order chi connectivity index (χ1) is 9.09. The van der Waals surface area contributed by atoms with Gasteiger partial charge in [-0.1, -0.05) is 0 Å². The predicted octanol–water partition coefficient (Wildman–Crippen LogP) is 1.87. The molecule has 0 aliphatic carbocycles. The number of carbonyl (C=O) groups excluding carboxylic acids is 1. The van der Waals surface area contributed by atoms with Gasteiger partial charge in [0, 0.05) is 30.2 Å². The minimum atomic E-state index is -0.378. The second kappa shape index (κ2) is 6.12. The van der Waals surface area contributed by atoms with Crippen molar-refractivity contribution in [1.29, 1.82) is 0 Å². The quantitative estimate of drug-likeness (QED) is 0.891. The van der Waals surface area contributed by atoms with E-state index >= 15 is 0 Å². The van der Waals surface area contributed by atoms with Crippen LogP contribution in [0.25, 0.3) is 0 Å². The molecule has 0 fully saturated rings. The molecule has 0 saturated carbocycles. The molecule has 19 heavy (non-hydrogen) atoms. The molecule has 100 valence electrons. The summed E-state index contributed by atoms with van der Waals surface area (Å²) in [6.45, 7) is 2.21. The predicted molar refractivity (Wildman–Crippen MR) is 77.7 cm³/mol. The van der Waals surface area contributed by atoms with Crippen LogP contribution in [0.4, 0.5) is 0 Å². The van der Waals surface area contributed by atoms with Gasteiger partial charge < -0.3 is 10.3 Å². The highest BCUT2D eigenvalue weighted by atomic mass is 79.9. The van der Waals surface area contributed by atoms with E-state index in [1.807, 2.05) is 5.38 Å². The summed E-state index contributed by atoms with van der Waals surface area (Å²) in [5.41, 5.74) is 3.19. The van der Waals surface area contributed by atoms with Crippen LogP contribution >= 0.6 is 27.3 Å². The molecule has 0 aliphatic rings. The number of thiazole rings is 1. The van der Waals surface area contributed by atoms with Gasteiger partial charge in [-0.25, -0.2) is 4.98 Å². The molecular formula is C12H12BrN3O2S. The third-order valence-corrected chi connectivity index (χ3v) is 4.19. The Morgan fingerprint density at radius 1 is 1.58 bits per heavy atom. The summed E-state index contributed by atoms with van der Waals surface area (Å²) in [4.78, 5) is 30.8. The maximum Gasteiger partial charge on any atom is 0.256 e. The van der Waals surface area contributed by atoms with E-state index in [1.165, 1.54) is 17.5 Å². The number of rotatable bonds is 4. The third-order valence-electron chi connectivity index (χ3n) is 2.60. The van der Waals surface area contributed by atoms with Crippen molar-refractivity contribution in [3.8, 4) is 0 Å². The lowest BCUT2D eigenvalue weighted by molar-refractivity contribution is 0.0952. The van der Waals surface area contributed by atoms with E-state index in [-0.39, 0.29) is 16.9 Å². The van der Waals surface area contributed by atoms with Crippen LogP contribution in [0.2, 0.25) is 0 Å². The van der Waals surface area contributed by atoms with E-state index in [4.69, 9.17) is 0 Å². The minimum absolute atomic E-state index is 0.107. The molecule has 0 unspecified atom stereocenters. The molecule has 0 saturated heterocycles. The van der Waals surface area contributed by atoms with E-state index in [0.717, 1.165) is 5.69 Å². The number of aromatic nitrogens is 2. The van der Waals surface area contributed by atoms with Crippen molar-refractivity contribution in [2.75, 3.05) is 6.54 Å². The number of nitrogens with one attached hydrogen (secondary N) is 2. The molecule has 2 N–H and O–H groups in total. The summed E-state index contributed by atoms with van der Waals surface area (Å²) in [5.74, 6) is -0.378. The Morgan fingerprint density at radius 2 is 2.37 bits per heavy atom. The fraction of sp³-hybridized carbons (Fsp3) is 0.250. The summed E-state index contributed by atoms with van der Waals surface area (Å²) in [6, 6.07) is 0. The van der Waals surface area contributed by atoms with Crippen LogP contribution in [0.3, 0.4) is 0 Å². The minimum Gasteiger partial charge on any atom is -0.363 e. The van der Waals surface area contributed by atoms with Gasteiger partial charge >= 0.3 is 0 Å². The third kappa shape index (κ3) is 3.30. The molecule has 0 radical (unpaired) electrons. The largest absolute Gasteiger partial charge is 0.363 e. The Kier molecular flexibility index (Phi) is 4.49. The Morgan fingerprint density at radius 3 is 3.05 bits per heavy atom. The van der Waals surface area contributed by atoms with Crippen molar-refractivity contribution < 1.29 is 4.79 Å². The van der Waals surface area contributed by atoms with Gasteiger partial charge in [-0.05, 0) is 22.9 Å². The lowest BCUT2D eigenvalue weighted by Crippen LogP contribution is -2.30. The molecule has 0 bridgehead atoms. The molecule has 7 heteroatoms. The fourth-order valence-corrected chi connectivity index (χ4v) is 2.45. The van der Waals surface area contributed by atoms with Crippen molar-refractivity contribution >= 4 is 33.2 Å². The van der Waals surface area contributed by atoms with Crippen molar-refractivity contribution in [2.45, 2.75) is 13.3 Å². The maximum atomic E-state index is 11.9. The van der Waals surface area contributed by atoms with Crippen LogP contribution in [-0.2, 0) is 6.42 Å². The van der Waals surface area contributed by atoms with Gasteiger partial charge in [0.05, 0.1) is 15.7 Å². The zero-order chi connectivity index (χ0) is 13.8. The summed E-state index contributed by atoms with van der Waals surface area (Å²) in [7, 11) is 0. The molecule has 2 rings (SSSR count). The number of nitrogens with zero attached hydrogens (tertiary/aromatic N) is 1. The van der Waals surface area contributed by atoms with Crippen LogP contribution in [0.5, 0.6) is 0 Å². The number of aryl methyl sites for hydroxylation is 1. The highest BCUT2D eigenvalue weighted by molar-refractivity contribution is 9.10. The number of hydrogen-bond donors (Lipinski definition) is 2. The Bertz CT molecular complexity index is 637. The van der Waals surface area contributed by atoms with Gasteiger partial charge in [-0.2, -0.15) is 0 Å². The first-order valence-electron chi connectivity index (χ1n) is 5.62. The van der Waals surface area contributed by atoms with Crippen molar-refractivity contribution in [3.05, 3.63) is 48.7 Å². The number of halogens is 1. The van der Waals surface area contributed by atoms with Gasteiger partial charge in [0.2, 0.25) is 5.43 Å². The first-order valence-corrected chi connectivity index (χ1v) is 7.36. The highest BCUT2D eigenvalue weighted by Crippen LogP contribution is 2.08. The van der Waals surface area contributed by atoms with Gasteiger partial charge in [0.25, 0.3) is 5.91 Å². The van der Waals surface area contributed by atoms with E-state index in [0.29, 0.717) is 23.1 Å². The lowest BCUT2D eigenvalue weighted by Gasteiger charge is -2.05. The normalized spacial score (nSPS) is 10.4. The molecule has 0 atom stereocenters. The smallest absolute Gasteiger partial charge is 0.256 e. The number of carbonyl (C=O) groups is 1. The molecule has 0 spiro atoms. The van der Waals surface area contributed by atoms with Gasteiger partial charge in [-0.3, -0.25) is 9.59 Å². The number of hydrogen-bond acceptors (Lipinski definition) is 4. The van der Waals surface area contributed by atoms with E-state index in [9.17, 15) is 9.59 Å². The Hall–Kier alpha value is -1.47.